The van der Waals surface area contributed by atoms with E-state index < -0.39 is 86.7 Å². The molecule has 282 valence electrons. The first-order valence-electron chi connectivity index (χ1n) is 17.8. The zero-order valence-electron chi connectivity index (χ0n) is 28.7. The molecule has 14 nitrogen and oxygen atoms in total. The Bertz CT molecular complexity index is 860. The summed E-state index contributed by atoms with van der Waals surface area (Å²) in [6.07, 6.45) is 2.70. The number of aliphatic hydroxyl groups excluding tert-OH is 7. The number of allylic oxidation sites excluding steroid dienone is 2. The topological polar surface area (TPSA) is 214 Å². The van der Waals surface area contributed by atoms with Gasteiger partial charge in [-0.1, -0.05) is 70.9 Å². The van der Waals surface area contributed by atoms with Gasteiger partial charge in [-0.3, -0.25) is 4.79 Å². The summed E-state index contributed by atoms with van der Waals surface area (Å²) in [5.74, 6) is -0.468. The van der Waals surface area contributed by atoms with Gasteiger partial charge < -0.3 is 64.2 Å². The quantitative estimate of drug-likeness (QED) is 0.0407. The van der Waals surface area contributed by atoms with Gasteiger partial charge in [-0.25, -0.2) is 0 Å². The largest absolute Gasteiger partial charge is 0.457 e. The lowest BCUT2D eigenvalue weighted by atomic mass is 9.98. The molecule has 0 amide bonds. The predicted octanol–water partition coefficient (Wildman–Crippen LogP) is 1.22. The van der Waals surface area contributed by atoms with E-state index in [2.05, 4.69) is 19.1 Å². The molecule has 0 aromatic carbocycles. The van der Waals surface area contributed by atoms with Crippen LogP contribution in [0, 0.1) is 0 Å². The first-order chi connectivity index (χ1) is 23.1. The molecule has 0 spiro atoms. The number of carbonyl (C=O) groups excluding carboxylic acids is 1. The highest BCUT2D eigenvalue weighted by Crippen LogP contribution is 2.26. The second-order valence-electron chi connectivity index (χ2n) is 12.6. The van der Waals surface area contributed by atoms with Crippen LogP contribution in [-0.2, 0) is 33.2 Å². The van der Waals surface area contributed by atoms with Gasteiger partial charge >= 0.3 is 5.97 Å². The summed E-state index contributed by atoms with van der Waals surface area (Å²) in [5.41, 5.74) is 0. The summed E-state index contributed by atoms with van der Waals surface area (Å²) in [6, 6.07) is 0. The second-order valence-corrected chi connectivity index (χ2v) is 12.6. The van der Waals surface area contributed by atoms with E-state index in [9.17, 15) is 40.5 Å². The van der Waals surface area contributed by atoms with Crippen molar-refractivity contribution in [2.45, 2.75) is 165 Å². The maximum Gasteiger partial charge on any atom is 0.305 e. The van der Waals surface area contributed by atoms with Gasteiger partial charge in [0.2, 0.25) is 0 Å². The Labute approximate surface area is 284 Å². The van der Waals surface area contributed by atoms with Crippen molar-refractivity contribution >= 4 is 5.97 Å². The van der Waals surface area contributed by atoms with Gasteiger partial charge in [-0.2, -0.15) is 0 Å². The van der Waals surface area contributed by atoms with Crippen LogP contribution in [0.2, 0.25) is 0 Å². The highest BCUT2D eigenvalue weighted by molar-refractivity contribution is 5.69. The minimum absolute atomic E-state index is 0.0498. The molecule has 48 heavy (non-hydrogen) atoms. The van der Waals surface area contributed by atoms with E-state index in [4.69, 9.17) is 28.4 Å². The van der Waals surface area contributed by atoms with Gasteiger partial charge in [-0.05, 0) is 32.1 Å². The lowest BCUT2D eigenvalue weighted by Crippen LogP contribution is -2.61. The SMILES string of the molecule is CCCCCC/C=C\CCCCCCCCOCC(COC1OC(COC2OC(CO)C(O)C(O)C2O)C(O)C(O)C1O)OC(=O)CC. The Kier molecular flexibility index (Phi) is 22.2. The van der Waals surface area contributed by atoms with Gasteiger partial charge in [0.05, 0.1) is 26.4 Å². The number of hydrogen-bond acceptors (Lipinski definition) is 14. The first kappa shape index (κ1) is 42.9. The molecule has 2 saturated heterocycles. The average molecular weight is 695 g/mol. The fourth-order valence-electron chi connectivity index (χ4n) is 5.49. The van der Waals surface area contributed by atoms with Crippen molar-refractivity contribution < 1.29 is 69.0 Å². The molecular weight excluding hydrogens is 632 g/mol. The molecule has 0 saturated carbocycles. The minimum Gasteiger partial charge on any atom is -0.457 e. The Morgan fingerprint density at radius 2 is 1.21 bits per heavy atom. The van der Waals surface area contributed by atoms with E-state index in [1.807, 2.05) is 0 Å². The van der Waals surface area contributed by atoms with Crippen LogP contribution in [0.3, 0.4) is 0 Å². The number of aliphatic hydroxyl groups is 7. The fourth-order valence-corrected chi connectivity index (χ4v) is 5.49. The number of hydrogen-bond donors (Lipinski definition) is 7. The summed E-state index contributed by atoms with van der Waals surface area (Å²) in [7, 11) is 0. The van der Waals surface area contributed by atoms with Crippen molar-refractivity contribution in [2.24, 2.45) is 0 Å². The average Bonchev–Trinajstić information content (AvgIpc) is 3.09. The van der Waals surface area contributed by atoms with Crippen LogP contribution in [0.5, 0.6) is 0 Å². The Morgan fingerprint density at radius 3 is 1.81 bits per heavy atom. The van der Waals surface area contributed by atoms with Gasteiger partial charge in [-0.15, -0.1) is 0 Å². The fraction of sp³-hybridized carbons (Fsp3) is 0.912. The van der Waals surface area contributed by atoms with E-state index in [0.717, 1.165) is 25.7 Å². The molecular formula is C34H62O14. The highest BCUT2D eigenvalue weighted by atomic mass is 16.7. The van der Waals surface area contributed by atoms with Crippen LogP contribution in [0.15, 0.2) is 12.2 Å². The van der Waals surface area contributed by atoms with Crippen LogP contribution in [0.1, 0.15) is 97.3 Å². The summed E-state index contributed by atoms with van der Waals surface area (Å²) >= 11 is 0. The van der Waals surface area contributed by atoms with Crippen LogP contribution < -0.4 is 0 Å². The number of ether oxygens (including phenoxy) is 6. The molecule has 2 heterocycles. The van der Waals surface area contributed by atoms with Crippen LogP contribution in [0.4, 0.5) is 0 Å². The highest BCUT2D eigenvalue weighted by Gasteiger charge is 2.47. The van der Waals surface area contributed by atoms with E-state index in [-0.39, 0.29) is 19.6 Å². The number of carbonyl (C=O) groups is 1. The minimum atomic E-state index is -1.70. The molecule has 0 aromatic rings. The molecule has 0 radical (unpaired) electrons. The van der Waals surface area contributed by atoms with Crippen molar-refractivity contribution in [3.8, 4) is 0 Å². The van der Waals surface area contributed by atoms with Gasteiger partial charge in [0, 0.05) is 13.0 Å². The van der Waals surface area contributed by atoms with Gasteiger partial charge in [0.1, 0.15) is 54.9 Å². The first-order valence-corrected chi connectivity index (χ1v) is 17.8. The van der Waals surface area contributed by atoms with Crippen LogP contribution in [-0.4, -0.2) is 142 Å². The second kappa shape index (κ2) is 24.8. The maximum atomic E-state index is 12.0. The van der Waals surface area contributed by atoms with Crippen molar-refractivity contribution in [1.29, 1.82) is 0 Å². The molecule has 2 aliphatic rings. The molecule has 0 aromatic heterocycles. The number of esters is 1. The molecule has 14 heteroatoms. The van der Waals surface area contributed by atoms with Gasteiger partial charge in [0.25, 0.3) is 0 Å². The zero-order valence-corrected chi connectivity index (χ0v) is 28.7. The Balaban J connectivity index is 1.71. The molecule has 7 N–H and O–H groups in total. The Morgan fingerprint density at radius 1 is 0.667 bits per heavy atom. The van der Waals surface area contributed by atoms with Crippen LogP contribution >= 0.6 is 0 Å². The summed E-state index contributed by atoms with van der Waals surface area (Å²) < 4.78 is 33.2. The van der Waals surface area contributed by atoms with Crippen molar-refractivity contribution in [1.82, 2.24) is 0 Å². The number of rotatable bonds is 25. The van der Waals surface area contributed by atoms with E-state index in [0.29, 0.717) is 6.61 Å². The third kappa shape index (κ3) is 15.3. The van der Waals surface area contributed by atoms with E-state index >= 15 is 0 Å². The lowest BCUT2D eigenvalue weighted by molar-refractivity contribution is -0.332. The Hall–Kier alpha value is -1.27. The van der Waals surface area contributed by atoms with Gasteiger partial charge in [0.15, 0.2) is 12.6 Å². The van der Waals surface area contributed by atoms with E-state index in [1.165, 1.54) is 51.4 Å². The van der Waals surface area contributed by atoms with Crippen molar-refractivity contribution in [3.63, 3.8) is 0 Å². The number of unbranched alkanes of at least 4 members (excludes halogenated alkanes) is 10. The van der Waals surface area contributed by atoms with Crippen molar-refractivity contribution in [3.05, 3.63) is 12.2 Å². The zero-order chi connectivity index (χ0) is 35.3. The monoisotopic (exact) mass is 694 g/mol. The summed E-state index contributed by atoms with van der Waals surface area (Å²) in [5, 5.41) is 70.8. The van der Waals surface area contributed by atoms with Crippen LogP contribution in [0.25, 0.3) is 0 Å². The molecule has 2 rings (SSSR count). The molecule has 0 bridgehead atoms. The third-order valence-electron chi connectivity index (χ3n) is 8.58. The lowest BCUT2D eigenvalue weighted by Gasteiger charge is -2.42. The molecule has 0 aliphatic carbocycles. The smallest absolute Gasteiger partial charge is 0.305 e. The normalized spacial score (nSPS) is 31.7. The molecule has 2 fully saturated rings. The summed E-state index contributed by atoms with van der Waals surface area (Å²) in [6.45, 7) is 3.03. The molecule has 2 aliphatic heterocycles. The summed E-state index contributed by atoms with van der Waals surface area (Å²) in [4.78, 5) is 12.0. The third-order valence-corrected chi connectivity index (χ3v) is 8.58. The predicted molar refractivity (Wildman–Crippen MR) is 174 cm³/mol. The van der Waals surface area contributed by atoms with Crippen molar-refractivity contribution in [2.75, 3.05) is 33.0 Å². The molecule has 11 unspecified atom stereocenters. The molecule has 11 atom stereocenters. The standard InChI is InChI=1S/C34H62O14/c1-3-5-6-7-8-9-10-11-12-13-14-15-16-17-18-43-20-23(46-26(36)4-2)21-44-33-32(42)30(40)28(38)25(48-33)22-45-34-31(41)29(39)27(37)24(19-35)47-34/h9-10,23-25,27-35,37-42H,3-8,11-22H2,1-2H3/b10-9-. The maximum absolute atomic E-state index is 12.0. The van der Waals surface area contributed by atoms with E-state index in [1.54, 1.807) is 6.92 Å².